The van der Waals surface area contributed by atoms with E-state index in [4.69, 9.17) is 10.00 Å². The molecule has 0 saturated carbocycles. The molecule has 0 bridgehead atoms. The molecule has 1 aromatic carbocycles. The van der Waals surface area contributed by atoms with Crippen LogP contribution >= 0.6 is 0 Å². The number of nitrogens with one attached hydrogen (secondary N) is 1. The maximum Gasteiger partial charge on any atom is 0.361 e. The van der Waals surface area contributed by atoms with Gasteiger partial charge in [0.05, 0.1) is 12.2 Å². The largest absolute Gasteiger partial charge is 0.461 e. The second-order valence-corrected chi connectivity index (χ2v) is 4.89. The van der Waals surface area contributed by atoms with Crippen molar-refractivity contribution in [3.8, 4) is 28.5 Å². The summed E-state index contributed by atoms with van der Waals surface area (Å²) in [5.41, 5.74) is 3.56. The van der Waals surface area contributed by atoms with Crippen LogP contribution in [0.25, 0.3) is 22.4 Å². The van der Waals surface area contributed by atoms with Crippen molar-refractivity contribution in [2.75, 3.05) is 6.61 Å². The first-order valence-corrected chi connectivity index (χ1v) is 7.26. The highest BCUT2D eigenvalue weighted by Gasteiger charge is 2.18. The van der Waals surface area contributed by atoms with E-state index in [0.29, 0.717) is 11.3 Å². The van der Waals surface area contributed by atoms with E-state index in [1.165, 1.54) is 6.20 Å². The minimum absolute atomic E-state index is 0.151. The number of pyridine rings is 1. The molecule has 0 aliphatic carbocycles. The molecule has 0 fully saturated rings. The maximum atomic E-state index is 11.9. The topological polar surface area (TPSA) is 105 Å². The number of hydrogen-bond acceptors (Lipinski definition) is 6. The zero-order valence-corrected chi connectivity index (χ0v) is 12.9. The van der Waals surface area contributed by atoms with Gasteiger partial charge >= 0.3 is 5.97 Å². The Morgan fingerprint density at radius 2 is 1.92 bits per heavy atom. The van der Waals surface area contributed by atoms with Gasteiger partial charge in [-0.15, -0.1) is 5.10 Å². The Hall–Kier alpha value is -3.53. The molecular formula is C17H13N5O2. The van der Waals surface area contributed by atoms with Crippen molar-refractivity contribution >= 4 is 5.97 Å². The molecule has 2 heterocycles. The van der Waals surface area contributed by atoms with E-state index >= 15 is 0 Å². The molecule has 0 unspecified atom stereocenters. The normalized spacial score (nSPS) is 10.2. The SMILES string of the molecule is CCOC(=O)c1n[nH]nc1-c1ccc(-c2cncc(C#N)c2)cc1. The smallest absolute Gasteiger partial charge is 0.361 e. The summed E-state index contributed by atoms with van der Waals surface area (Å²) in [5.74, 6) is -0.517. The van der Waals surface area contributed by atoms with Crippen LogP contribution < -0.4 is 0 Å². The monoisotopic (exact) mass is 319 g/mol. The Labute approximate surface area is 137 Å². The molecule has 3 aromatic rings. The molecule has 3 rings (SSSR count). The molecule has 0 radical (unpaired) electrons. The molecule has 0 aliphatic heterocycles. The van der Waals surface area contributed by atoms with Gasteiger partial charge in [-0.3, -0.25) is 4.98 Å². The van der Waals surface area contributed by atoms with Crippen LogP contribution in [0.5, 0.6) is 0 Å². The Kier molecular flexibility index (Phi) is 4.29. The fraction of sp³-hybridized carbons (Fsp3) is 0.118. The third-order valence-electron chi connectivity index (χ3n) is 3.38. The van der Waals surface area contributed by atoms with Crippen LogP contribution in [-0.2, 0) is 4.74 Å². The number of nitrogens with zero attached hydrogens (tertiary/aromatic N) is 4. The van der Waals surface area contributed by atoms with Crippen molar-refractivity contribution in [3.05, 3.63) is 54.0 Å². The highest BCUT2D eigenvalue weighted by Crippen LogP contribution is 2.25. The van der Waals surface area contributed by atoms with Gasteiger partial charge in [-0.25, -0.2) is 4.79 Å². The minimum atomic E-state index is -0.517. The number of nitriles is 1. The highest BCUT2D eigenvalue weighted by molar-refractivity contribution is 5.94. The number of aromatic amines is 1. The molecule has 118 valence electrons. The first kappa shape index (κ1) is 15.4. The van der Waals surface area contributed by atoms with Gasteiger partial charge in [0.1, 0.15) is 11.8 Å². The molecular weight excluding hydrogens is 306 g/mol. The maximum absolute atomic E-state index is 11.9. The van der Waals surface area contributed by atoms with E-state index in [9.17, 15) is 4.79 Å². The van der Waals surface area contributed by atoms with Crippen LogP contribution in [0.2, 0.25) is 0 Å². The van der Waals surface area contributed by atoms with Gasteiger partial charge < -0.3 is 4.74 Å². The third kappa shape index (κ3) is 2.98. The quantitative estimate of drug-likeness (QED) is 0.741. The van der Waals surface area contributed by atoms with E-state index in [-0.39, 0.29) is 12.3 Å². The molecule has 0 spiro atoms. The van der Waals surface area contributed by atoms with Gasteiger partial charge in [-0.2, -0.15) is 15.6 Å². The van der Waals surface area contributed by atoms with Crippen LogP contribution in [0.4, 0.5) is 0 Å². The van der Waals surface area contributed by atoms with Crippen molar-refractivity contribution < 1.29 is 9.53 Å². The lowest BCUT2D eigenvalue weighted by atomic mass is 10.0. The Balaban J connectivity index is 1.92. The second kappa shape index (κ2) is 6.71. The van der Waals surface area contributed by atoms with Gasteiger partial charge in [0.25, 0.3) is 0 Å². The van der Waals surface area contributed by atoms with E-state index in [2.05, 4.69) is 26.5 Å². The average molecular weight is 319 g/mol. The summed E-state index contributed by atoms with van der Waals surface area (Å²) in [4.78, 5) is 15.9. The van der Waals surface area contributed by atoms with Gasteiger partial charge in [-0.05, 0) is 18.6 Å². The first-order chi connectivity index (χ1) is 11.7. The first-order valence-electron chi connectivity index (χ1n) is 7.26. The number of esters is 1. The van der Waals surface area contributed by atoms with Crippen LogP contribution in [0.15, 0.2) is 42.7 Å². The standard InChI is InChI=1S/C17H13N5O2/c1-2-24-17(23)16-15(20-22-21-16)13-5-3-12(4-6-13)14-7-11(8-18)9-19-10-14/h3-7,9-10H,2H2,1H3,(H,20,21,22). The zero-order chi connectivity index (χ0) is 16.9. The second-order valence-electron chi connectivity index (χ2n) is 4.89. The Morgan fingerprint density at radius 1 is 1.17 bits per heavy atom. The van der Waals surface area contributed by atoms with E-state index in [1.54, 1.807) is 19.2 Å². The summed E-state index contributed by atoms with van der Waals surface area (Å²) in [6.45, 7) is 2.00. The van der Waals surface area contributed by atoms with Gasteiger partial charge in [-0.1, -0.05) is 24.3 Å². The number of hydrogen-bond donors (Lipinski definition) is 1. The molecule has 2 aromatic heterocycles. The number of benzene rings is 1. The van der Waals surface area contributed by atoms with Crippen LogP contribution in [0.1, 0.15) is 23.0 Å². The highest BCUT2D eigenvalue weighted by atomic mass is 16.5. The summed E-state index contributed by atoms with van der Waals surface area (Å²) < 4.78 is 4.97. The average Bonchev–Trinajstić information content (AvgIpc) is 3.12. The molecule has 7 heteroatoms. The molecule has 7 nitrogen and oxygen atoms in total. The lowest BCUT2D eigenvalue weighted by Crippen LogP contribution is -2.06. The Morgan fingerprint density at radius 3 is 2.62 bits per heavy atom. The van der Waals surface area contributed by atoms with Gasteiger partial charge in [0, 0.05) is 23.5 Å². The lowest BCUT2D eigenvalue weighted by molar-refractivity contribution is 0.0520. The number of rotatable bonds is 4. The molecule has 0 aliphatic rings. The predicted octanol–water partition coefficient (Wildman–Crippen LogP) is 2.58. The van der Waals surface area contributed by atoms with Crippen molar-refractivity contribution in [1.82, 2.24) is 20.4 Å². The van der Waals surface area contributed by atoms with Crippen LogP contribution in [-0.4, -0.2) is 33.0 Å². The minimum Gasteiger partial charge on any atom is -0.461 e. The fourth-order valence-electron chi connectivity index (χ4n) is 2.25. The molecule has 0 amide bonds. The summed E-state index contributed by atoms with van der Waals surface area (Å²) in [6, 6.07) is 11.2. The van der Waals surface area contributed by atoms with Crippen molar-refractivity contribution in [1.29, 1.82) is 5.26 Å². The van der Waals surface area contributed by atoms with Crippen LogP contribution in [0.3, 0.4) is 0 Å². The summed E-state index contributed by atoms with van der Waals surface area (Å²) in [6.07, 6.45) is 3.20. The van der Waals surface area contributed by atoms with E-state index < -0.39 is 5.97 Å². The van der Waals surface area contributed by atoms with E-state index in [0.717, 1.165) is 16.7 Å². The summed E-state index contributed by atoms with van der Waals surface area (Å²) in [5, 5.41) is 19.3. The number of ether oxygens (including phenoxy) is 1. The van der Waals surface area contributed by atoms with Crippen molar-refractivity contribution in [2.45, 2.75) is 6.92 Å². The molecule has 24 heavy (non-hydrogen) atoms. The summed E-state index contributed by atoms with van der Waals surface area (Å²) in [7, 11) is 0. The van der Waals surface area contributed by atoms with Gasteiger partial charge in [0.2, 0.25) is 0 Å². The molecule has 1 N–H and O–H groups in total. The Bertz CT molecular complexity index is 909. The third-order valence-corrected chi connectivity index (χ3v) is 3.38. The van der Waals surface area contributed by atoms with Gasteiger partial charge in [0.15, 0.2) is 5.69 Å². The predicted molar refractivity (Wildman–Crippen MR) is 85.7 cm³/mol. The number of carbonyl (C=O) groups is 1. The number of carbonyl (C=O) groups excluding carboxylic acids is 1. The molecule has 0 saturated heterocycles. The molecule has 0 atom stereocenters. The lowest BCUT2D eigenvalue weighted by Gasteiger charge is -2.04. The number of H-pyrrole nitrogens is 1. The fourth-order valence-corrected chi connectivity index (χ4v) is 2.25. The van der Waals surface area contributed by atoms with Crippen molar-refractivity contribution in [3.63, 3.8) is 0 Å². The van der Waals surface area contributed by atoms with E-state index in [1.807, 2.05) is 24.3 Å². The zero-order valence-electron chi connectivity index (χ0n) is 12.9. The number of aromatic nitrogens is 4. The van der Waals surface area contributed by atoms with Crippen LogP contribution in [0, 0.1) is 11.3 Å². The van der Waals surface area contributed by atoms with Crippen molar-refractivity contribution in [2.24, 2.45) is 0 Å². The summed E-state index contributed by atoms with van der Waals surface area (Å²) >= 11 is 0.